The molecule has 0 saturated carbocycles. The van der Waals surface area contributed by atoms with Gasteiger partial charge in [0.2, 0.25) is 11.9 Å². The van der Waals surface area contributed by atoms with Crippen LogP contribution in [0, 0.1) is 0 Å². The van der Waals surface area contributed by atoms with Crippen LogP contribution in [0.5, 0.6) is 0 Å². The first-order valence-corrected chi connectivity index (χ1v) is 6.42. The predicted molar refractivity (Wildman–Crippen MR) is 74.9 cm³/mol. The SMILES string of the molecule is CSN/C(N)=N/C(N)=NCCc1ccccc1. The van der Waals surface area contributed by atoms with Crippen LogP contribution in [0.3, 0.4) is 0 Å². The predicted octanol–water partition coefficient (Wildman–Crippen LogP) is 0.726. The van der Waals surface area contributed by atoms with Crippen molar-refractivity contribution in [2.24, 2.45) is 21.5 Å². The van der Waals surface area contributed by atoms with E-state index in [0.29, 0.717) is 6.54 Å². The molecular formula is C11H17N5S. The van der Waals surface area contributed by atoms with E-state index in [1.54, 1.807) is 0 Å². The molecule has 0 fully saturated rings. The molecule has 0 radical (unpaired) electrons. The molecule has 0 heterocycles. The van der Waals surface area contributed by atoms with E-state index in [-0.39, 0.29) is 11.9 Å². The van der Waals surface area contributed by atoms with Gasteiger partial charge in [-0.3, -0.25) is 4.99 Å². The van der Waals surface area contributed by atoms with Gasteiger partial charge in [-0.1, -0.05) is 42.3 Å². The van der Waals surface area contributed by atoms with Crippen molar-refractivity contribution in [3.05, 3.63) is 35.9 Å². The zero-order chi connectivity index (χ0) is 12.5. The number of nitrogens with zero attached hydrogens (tertiary/aromatic N) is 2. The van der Waals surface area contributed by atoms with Crippen molar-refractivity contribution in [3.63, 3.8) is 0 Å². The van der Waals surface area contributed by atoms with E-state index in [9.17, 15) is 0 Å². The second-order valence-electron chi connectivity index (χ2n) is 3.28. The maximum atomic E-state index is 5.60. The summed E-state index contributed by atoms with van der Waals surface area (Å²) in [7, 11) is 0. The fourth-order valence-corrected chi connectivity index (χ4v) is 1.49. The summed E-state index contributed by atoms with van der Waals surface area (Å²) in [6, 6.07) is 10.1. The molecule has 0 saturated heterocycles. The molecule has 1 aromatic carbocycles. The van der Waals surface area contributed by atoms with E-state index in [1.165, 1.54) is 17.5 Å². The first-order valence-electron chi connectivity index (χ1n) is 5.19. The largest absolute Gasteiger partial charge is 0.369 e. The normalized spacial score (nSPS) is 12.5. The van der Waals surface area contributed by atoms with E-state index >= 15 is 0 Å². The summed E-state index contributed by atoms with van der Waals surface area (Å²) >= 11 is 1.36. The highest BCUT2D eigenvalue weighted by atomic mass is 32.2. The summed E-state index contributed by atoms with van der Waals surface area (Å²) in [4.78, 5) is 8.01. The van der Waals surface area contributed by atoms with Crippen LogP contribution < -0.4 is 16.2 Å². The molecule has 0 spiro atoms. The molecule has 1 aromatic rings. The van der Waals surface area contributed by atoms with Crippen molar-refractivity contribution >= 4 is 23.9 Å². The highest BCUT2D eigenvalue weighted by molar-refractivity contribution is 7.97. The molecule has 5 N–H and O–H groups in total. The molecule has 0 bridgehead atoms. The Morgan fingerprint density at radius 3 is 2.65 bits per heavy atom. The summed E-state index contributed by atoms with van der Waals surface area (Å²) in [6.45, 7) is 0.603. The Balaban J connectivity index is 2.41. The van der Waals surface area contributed by atoms with Crippen molar-refractivity contribution in [1.29, 1.82) is 0 Å². The third kappa shape index (κ3) is 5.82. The van der Waals surface area contributed by atoms with E-state index in [4.69, 9.17) is 11.5 Å². The number of nitrogens with two attached hydrogens (primary N) is 2. The van der Waals surface area contributed by atoms with Crippen molar-refractivity contribution < 1.29 is 0 Å². The van der Waals surface area contributed by atoms with Crippen LogP contribution in [0.1, 0.15) is 5.56 Å². The minimum atomic E-state index is 0.194. The quantitative estimate of drug-likeness (QED) is 0.418. The van der Waals surface area contributed by atoms with Crippen molar-refractivity contribution in [2.45, 2.75) is 6.42 Å². The maximum absolute atomic E-state index is 5.60. The molecule has 92 valence electrons. The molecule has 0 aliphatic rings. The smallest absolute Gasteiger partial charge is 0.218 e. The Hall–Kier alpha value is -1.69. The number of benzene rings is 1. The van der Waals surface area contributed by atoms with Gasteiger partial charge >= 0.3 is 0 Å². The topological polar surface area (TPSA) is 88.8 Å². The Bertz CT molecular complexity index is 388. The molecule has 0 amide bonds. The zero-order valence-corrected chi connectivity index (χ0v) is 10.6. The summed E-state index contributed by atoms with van der Waals surface area (Å²) in [5, 5.41) is 0. The van der Waals surface area contributed by atoms with Gasteiger partial charge in [0.15, 0.2) is 0 Å². The Morgan fingerprint density at radius 2 is 2.00 bits per heavy atom. The third-order valence-electron chi connectivity index (χ3n) is 1.96. The van der Waals surface area contributed by atoms with Gasteiger partial charge in [0.25, 0.3) is 0 Å². The fourth-order valence-electron chi connectivity index (χ4n) is 1.23. The first-order chi connectivity index (χ1) is 8.22. The molecule has 0 atom stereocenters. The Kier molecular flexibility index (Phi) is 5.95. The minimum Gasteiger partial charge on any atom is -0.369 e. The molecule has 0 aliphatic carbocycles. The van der Waals surface area contributed by atoms with Crippen LogP contribution in [0.15, 0.2) is 40.3 Å². The van der Waals surface area contributed by atoms with Crippen LogP contribution >= 0.6 is 11.9 Å². The summed E-state index contributed by atoms with van der Waals surface area (Å²) in [5.74, 6) is 0.457. The highest BCUT2D eigenvalue weighted by Gasteiger charge is 1.93. The summed E-state index contributed by atoms with van der Waals surface area (Å²) in [5.41, 5.74) is 12.4. The molecule has 0 aliphatic heterocycles. The second-order valence-corrected chi connectivity index (χ2v) is 3.89. The van der Waals surface area contributed by atoms with Crippen LogP contribution in [-0.2, 0) is 6.42 Å². The number of hydrogen-bond acceptors (Lipinski definition) is 2. The van der Waals surface area contributed by atoms with Gasteiger partial charge in [-0.25, -0.2) is 0 Å². The Labute approximate surface area is 106 Å². The minimum absolute atomic E-state index is 0.194. The molecule has 0 aromatic heterocycles. The fraction of sp³-hybridized carbons (Fsp3) is 0.273. The van der Waals surface area contributed by atoms with Gasteiger partial charge in [-0.2, -0.15) is 4.99 Å². The average Bonchev–Trinajstić information content (AvgIpc) is 2.30. The van der Waals surface area contributed by atoms with Gasteiger partial charge in [0.05, 0.1) is 0 Å². The summed E-state index contributed by atoms with van der Waals surface area (Å²) in [6.07, 6.45) is 2.69. The third-order valence-corrected chi connectivity index (χ3v) is 2.37. The van der Waals surface area contributed by atoms with E-state index in [2.05, 4.69) is 26.8 Å². The van der Waals surface area contributed by atoms with E-state index < -0.39 is 0 Å². The van der Waals surface area contributed by atoms with Gasteiger partial charge in [0, 0.05) is 12.8 Å². The second kappa shape index (κ2) is 7.56. The number of guanidine groups is 2. The molecule has 5 nitrogen and oxygen atoms in total. The highest BCUT2D eigenvalue weighted by Crippen LogP contribution is 1.99. The molecule has 1 rings (SSSR count). The maximum Gasteiger partial charge on any atom is 0.218 e. The molecule has 6 heteroatoms. The van der Waals surface area contributed by atoms with Gasteiger partial charge in [-0.15, -0.1) is 0 Å². The first kappa shape index (κ1) is 13.4. The van der Waals surface area contributed by atoms with Gasteiger partial charge < -0.3 is 16.2 Å². The monoisotopic (exact) mass is 251 g/mol. The van der Waals surface area contributed by atoms with Crippen LogP contribution in [0.25, 0.3) is 0 Å². The van der Waals surface area contributed by atoms with Crippen molar-refractivity contribution in [1.82, 2.24) is 4.72 Å². The van der Waals surface area contributed by atoms with E-state index in [1.807, 2.05) is 24.5 Å². The van der Waals surface area contributed by atoms with Gasteiger partial charge in [0.1, 0.15) is 0 Å². The molecule has 17 heavy (non-hydrogen) atoms. The summed E-state index contributed by atoms with van der Waals surface area (Å²) < 4.78 is 2.77. The number of rotatable bonds is 4. The number of nitrogens with one attached hydrogen (secondary N) is 1. The van der Waals surface area contributed by atoms with Crippen molar-refractivity contribution in [3.8, 4) is 0 Å². The molecule has 0 unspecified atom stereocenters. The zero-order valence-electron chi connectivity index (χ0n) is 9.76. The average molecular weight is 251 g/mol. The lowest BCUT2D eigenvalue weighted by molar-refractivity contribution is 0.962. The Morgan fingerprint density at radius 1 is 1.29 bits per heavy atom. The molecular weight excluding hydrogens is 234 g/mol. The lowest BCUT2D eigenvalue weighted by Gasteiger charge is -2.00. The van der Waals surface area contributed by atoms with Crippen LogP contribution in [0.2, 0.25) is 0 Å². The van der Waals surface area contributed by atoms with Crippen LogP contribution in [-0.4, -0.2) is 24.7 Å². The van der Waals surface area contributed by atoms with Crippen molar-refractivity contribution in [2.75, 3.05) is 12.8 Å². The van der Waals surface area contributed by atoms with Crippen LogP contribution in [0.4, 0.5) is 0 Å². The lowest BCUT2D eigenvalue weighted by atomic mass is 10.2. The van der Waals surface area contributed by atoms with Gasteiger partial charge in [-0.05, 0) is 12.0 Å². The number of hydrogen-bond donors (Lipinski definition) is 3. The lowest BCUT2D eigenvalue weighted by Crippen LogP contribution is -2.28. The number of aliphatic imine (C=N–C) groups is 2. The standard InChI is InChI=1S/C11H17N5S/c1-17-16-11(13)15-10(12)14-8-7-9-5-3-2-4-6-9/h2-6H,7-8H2,1H3,(H5,12,13,14,15,16). The van der Waals surface area contributed by atoms with E-state index in [0.717, 1.165) is 6.42 Å².